The topological polar surface area (TPSA) is 37.3 Å². The second-order valence-electron chi connectivity index (χ2n) is 6.31. The molecule has 1 aromatic carbocycles. The van der Waals surface area contributed by atoms with E-state index in [1.165, 1.54) is 53.1 Å². The highest BCUT2D eigenvalue weighted by atomic mass is 32.2. The van der Waals surface area contributed by atoms with E-state index in [9.17, 15) is 9.90 Å². The summed E-state index contributed by atoms with van der Waals surface area (Å²) in [6.45, 7) is 2.15. The summed E-state index contributed by atoms with van der Waals surface area (Å²) in [4.78, 5) is 14.2. The Kier molecular flexibility index (Phi) is 5.65. The highest BCUT2D eigenvalue weighted by molar-refractivity contribution is 8.00. The van der Waals surface area contributed by atoms with Crippen LogP contribution in [0.4, 0.5) is 0 Å². The number of thiophene rings is 1. The average Bonchev–Trinajstić information content (AvgIpc) is 2.92. The number of aryl methyl sites for hydroxylation is 2. The first kappa shape index (κ1) is 16.8. The number of aliphatic carboxylic acids is 1. The highest BCUT2D eigenvalue weighted by Crippen LogP contribution is 2.39. The lowest BCUT2D eigenvalue weighted by Gasteiger charge is -2.13. The third-order valence-electron chi connectivity index (χ3n) is 4.55. The number of unbranched alkanes of at least 4 members (excludes halogenated alkanes) is 2. The lowest BCUT2D eigenvalue weighted by molar-refractivity contribution is -0.136. The lowest BCUT2D eigenvalue weighted by atomic mass is 9.96. The van der Waals surface area contributed by atoms with Crippen LogP contribution in [0.25, 0.3) is 10.1 Å². The van der Waals surface area contributed by atoms with Gasteiger partial charge in [0.15, 0.2) is 0 Å². The quantitative estimate of drug-likeness (QED) is 0.499. The summed E-state index contributed by atoms with van der Waals surface area (Å²) < 4.78 is 1.36. The summed E-state index contributed by atoms with van der Waals surface area (Å²) in [5.41, 5.74) is 1.52. The molecular weight excluding hydrogens is 324 g/mol. The maximum Gasteiger partial charge on any atom is 0.316 e. The molecule has 124 valence electrons. The monoisotopic (exact) mass is 348 g/mol. The summed E-state index contributed by atoms with van der Waals surface area (Å²) in [7, 11) is 0. The largest absolute Gasteiger partial charge is 0.480 e. The van der Waals surface area contributed by atoms with Crippen molar-refractivity contribution in [3.05, 3.63) is 28.6 Å². The Hall–Kier alpha value is -1.00. The minimum absolute atomic E-state index is 0.325. The van der Waals surface area contributed by atoms with E-state index in [0.29, 0.717) is 0 Å². The number of fused-ring (bicyclic) bond motifs is 3. The minimum Gasteiger partial charge on any atom is -0.480 e. The molecule has 0 amide bonds. The molecule has 1 heterocycles. The molecule has 0 radical (unpaired) electrons. The van der Waals surface area contributed by atoms with Crippen molar-refractivity contribution in [1.29, 1.82) is 0 Å². The number of thioether (sulfide) groups is 1. The molecule has 0 aliphatic heterocycles. The molecule has 4 heteroatoms. The smallest absolute Gasteiger partial charge is 0.316 e. The van der Waals surface area contributed by atoms with Crippen LogP contribution in [0.2, 0.25) is 0 Å². The molecule has 1 aliphatic rings. The Labute approximate surface area is 146 Å². The Balaban J connectivity index is 1.80. The van der Waals surface area contributed by atoms with Gasteiger partial charge in [-0.15, -0.1) is 23.1 Å². The van der Waals surface area contributed by atoms with Crippen molar-refractivity contribution in [2.75, 3.05) is 0 Å². The number of hydrogen-bond acceptors (Lipinski definition) is 3. The van der Waals surface area contributed by atoms with Crippen molar-refractivity contribution >= 4 is 39.2 Å². The molecule has 2 aromatic rings. The number of benzene rings is 1. The van der Waals surface area contributed by atoms with Crippen molar-refractivity contribution in [3.8, 4) is 0 Å². The van der Waals surface area contributed by atoms with E-state index in [0.717, 1.165) is 30.6 Å². The second kappa shape index (κ2) is 7.71. The SMILES string of the molecule is CCCCCC(Sc1ccc2sc3c(c2c1)CCCC3)C(=O)O. The Bertz CT molecular complexity index is 690. The molecule has 3 rings (SSSR count). The zero-order valence-electron chi connectivity index (χ0n) is 13.6. The molecule has 1 unspecified atom stereocenters. The molecule has 1 aliphatic carbocycles. The van der Waals surface area contributed by atoms with E-state index in [1.54, 1.807) is 4.88 Å². The lowest BCUT2D eigenvalue weighted by Crippen LogP contribution is -2.16. The second-order valence-corrected chi connectivity index (χ2v) is 8.72. The predicted molar refractivity (Wildman–Crippen MR) is 99.9 cm³/mol. The van der Waals surface area contributed by atoms with Gasteiger partial charge < -0.3 is 5.11 Å². The maximum absolute atomic E-state index is 11.5. The van der Waals surface area contributed by atoms with Crippen LogP contribution >= 0.6 is 23.1 Å². The van der Waals surface area contributed by atoms with Crippen molar-refractivity contribution in [3.63, 3.8) is 0 Å². The van der Waals surface area contributed by atoms with E-state index < -0.39 is 5.97 Å². The Morgan fingerprint density at radius 2 is 2.13 bits per heavy atom. The summed E-state index contributed by atoms with van der Waals surface area (Å²) in [6.07, 6.45) is 8.98. The fourth-order valence-electron chi connectivity index (χ4n) is 3.29. The molecule has 0 spiro atoms. The standard InChI is InChI=1S/C19H24O2S2/c1-2-3-4-9-18(19(20)21)22-13-10-11-17-15(12-13)14-7-5-6-8-16(14)23-17/h10-12,18H,2-9H2,1H3,(H,20,21). The predicted octanol–water partition coefficient (Wildman–Crippen LogP) is 5.91. The number of hydrogen-bond donors (Lipinski definition) is 1. The minimum atomic E-state index is -0.682. The van der Waals surface area contributed by atoms with Crippen LogP contribution < -0.4 is 0 Å². The van der Waals surface area contributed by atoms with E-state index in [1.807, 2.05) is 11.3 Å². The first-order chi connectivity index (χ1) is 11.2. The van der Waals surface area contributed by atoms with Crippen molar-refractivity contribution < 1.29 is 9.90 Å². The summed E-state index contributed by atoms with van der Waals surface area (Å²) in [5.74, 6) is -0.682. The van der Waals surface area contributed by atoms with Crippen molar-refractivity contribution in [1.82, 2.24) is 0 Å². The average molecular weight is 349 g/mol. The fraction of sp³-hybridized carbons (Fsp3) is 0.526. The third-order valence-corrected chi connectivity index (χ3v) is 7.07. The van der Waals surface area contributed by atoms with Crippen molar-refractivity contribution in [2.24, 2.45) is 0 Å². The molecule has 23 heavy (non-hydrogen) atoms. The van der Waals surface area contributed by atoms with Crippen LogP contribution in [0.15, 0.2) is 23.1 Å². The summed E-state index contributed by atoms with van der Waals surface area (Å²) >= 11 is 3.45. The first-order valence-corrected chi connectivity index (χ1v) is 10.3. The van der Waals surface area contributed by atoms with Crippen molar-refractivity contribution in [2.45, 2.75) is 68.4 Å². The van der Waals surface area contributed by atoms with Gasteiger partial charge in [0.25, 0.3) is 0 Å². The third kappa shape index (κ3) is 3.92. The molecular formula is C19H24O2S2. The Morgan fingerprint density at radius 3 is 2.91 bits per heavy atom. The van der Waals surface area contributed by atoms with Gasteiger partial charge in [0.2, 0.25) is 0 Å². The van der Waals surface area contributed by atoms with Crippen LogP contribution in [0.3, 0.4) is 0 Å². The fourth-order valence-corrected chi connectivity index (χ4v) is 5.61. The zero-order chi connectivity index (χ0) is 16.2. The molecule has 1 atom stereocenters. The zero-order valence-corrected chi connectivity index (χ0v) is 15.3. The molecule has 2 nitrogen and oxygen atoms in total. The van der Waals surface area contributed by atoms with E-state index in [2.05, 4.69) is 25.1 Å². The maximum atomic E-state index is 11.5. The number of carbonyl (C=O) groups is 1. The molecule has 0 bridgehead atoms. The first-order valence-electron chi connectivity index (χ1n) is 8.62. The van der Waals surface area contributed by atoms with Crippen LogP contribution in [0, 0.1) is 0 Å². The van der Waals surface area contributed by atoms with Crippen LogP contribution in [-0.4, -0.2) is 16.3 Å². The molecule has 0 saturated carbocycles. The molecule has 0 saturated heterocycles. The van der Waals surface area contributed by atoms with Gasteiger partial charge in [-0.2, -0.15) is 0 Å². The van der Waals surface area contributed by atoms with Crippen LogP contribution in [0.5, 0.6) is 0 Å². The molecule has 1 N–H and O–H groups in total. The van der Waals surface area contributed by atoms with Gasteiger partial charge in [-0.05, 0) is 61.3 Å². The van der Waals surface area contributed by atoms with Gasteiger partial charge in [0, 0.05) is 14.5 Å². The van der Waals surface area contributed by atoms with E-state index in [4.69, 9.17) is 0 Å². The molecule has 1 aromatic heterocycles. The number of carboxylic acid groups (broad SMARTS) is 1. The van der Waals surface area contributed by atoms with Gasteiger partial charge in [-0.1, -0.05) is 26.2 Å². The van der Waals surface area contributed by atoms with Gasteiger partial charge >= 0.3 is 5.97 Å². The highest BCUT2D eigenvalue weighted by Gasteiger charge is 2.20. The van der Waals surface area contributed by atoms with Crippen LogP contribution in [-0.2, 0) is 17.6 Å². The van der Waals surface area contributed by atoms with Gasteiger partial charge in [0.05, 0.1) is 0 Å². The van der Waals surface area contributed by atoms with E-state index >= 15 is 0 Å². The van der Waals surface area contributed by atoms with E-state index in [-0.39, 0.29) is 5.25 Å². The normalized spacial score (nSPS) is 15.5. The summed E-state index contributed by atoms with van der Waals surface area (Å²) in [5, 5.41) is 10.5. The number of carboxylic acids is 1. The van der Waals surface area contributed by atoms with Gasteiger partial charge in [-0.3, -0.25) is 4.79 Å². The number of rotatable bonds is 7. The Morgan fingerprint density at radius 1 is 1.30 bits per heavy atom. The van der Waals surface area contributed by atoms with Gasteiger partial charge in [-0.25, -0.2) is 0 Å². The molecule has 0 fully saturated rings. The van der Waals surface area contributed by atoms with Gasteiger partial charge in [0.1, 0.15) is 5.25 Å². The van der Waals surface area contributed by atoms with Crippen LogP contribution in [0.1, 0.15) is 55.9 Å². The summed E-state index contributed by atoms with van der Waals surface area (Å²) in [6, 6.07) is 6.52.